The van der Waals surface area contributed by atoms with Crippen LogP contribution in [0.4, 0.5) is 0 Å². The van der Waals surface area contributed by atoms with Crippen molar-refractivity contribution in [3.8, 4) is 0 Å². The fourth-order valence-corrected chi connectivity index (χ4v) is 3.43. The molecular formula is C12H24N4O2S. The first-order chi connectivity index (χ1) is 8.92. The van der Waals surface area contributed by atoms with Crippen LogP contribution < -0.4 is 10.0 Å². The fraction of sp³-hybridized carbons (Fsp3) is 0.750. The number of rotatable bonds is 8. The van der Waals surface area contributed by atoms with Crippen LogP contribution in [0.3, 0.4) is 0 Å². The van der Waals surface area contributed by atoms with Crippen molar-refractivity contribution in [1.29, 1.82) is 0 Å². The van der Waals surface area contributed by atoms with Gasteiger partial charge >= 0.3 is 0 Å². The van der Waals surface area contributed by atoms with Gasteiger partial charge < -0.3 is 5.32 Å². The van der Waals surface area contributed by atoms with E-state index in [-0.39, 0.29) is 10.9 Å². The van der Waals surface area contributed by atoms with Gasteiger partial charge in [-0.05, 0) is 33.2 Å². The normalized spacial score (nSPS) is 13.7. The summed E-state index contributed by atoms with van der Waals surface area (Å²) in [6, 6.07) is -0.0873. The first-order valence-corrected chi connectivity index (χ1v) is 8.17. The maximum Gasteiger partial charge on any atom is 0.244 e. The Labute approximate surface area is 115 Å². The molecule has 0 saturated heterocycles. The van der Waals surface area contributed by atoms with Gasteiger partial charge in [-0.15, -0.1) is 0 Å². The zero-order valence-corrected chi connectivity index (χ0v) is 12.9. The number of H-pyrrole nitrogens is 1. The summed E-state index contributed by atoms with van der Waals surface area (Å²) in [4.78, 5) is 0.274. The van der Waals surface area contributed by atoms with Gasteiger partial charge in [0.25, 0.3) is 0 Å². The van der Waals surface area contributed by atoms with Gasteiger partial charge in [0.15, 0.2) is 0 Å². The van der Waals surface area contributed by atoms with E-state index in [0.29, 0.717) is 17.9 Å². The van der Waals surface area contributed by atoms with Crippen LogP contribution in [0.5, 0.6) is 0 Å². The molecule has 0 aliphatic carbocycles. The zero-order chi connectivity index (χ0) is 14.5. The van der Waals surface area contributed by atoms with E-state index in [4.69, 9.17) is 0 Å². The summed E-state index contributed by atoms with van der Waals surface area (Å²) in [6.07, 6.45) is 1.75. The molecule has 3 N–H and O–H groups in total. The summed E-state index contributed by atoms with van der Waals surface area (Å²) in [5.41, 5.74) is 1.12. The fourth-order valence-electron chi connectivity index (χ4n) is 1.74. The standard InChI is InChI=1S/C12H24N4O2S/c1-5-7-13-8-11-12(10(4)14-15-11)19(17,18)16-9(3)6-2/h9,13,16H,5-8H2,1-4H3,(H,14,15). The molecule has 0 aliphatic heterocycles. The molecule has 1 atom stereocenters. The third-order valence-electron chi connectivity index (χ3n) is 2.92. The van der Waals surface area contributed by atoms with E-state index in [1.165, 1.54) is 0 Å². The number of nitrogens with zero attached hydrogens (tertiary/aromatic N) is 1. The Balaban J connectivity index is 2.95. The first-order valence-electron chi connectivity index (χ1n) is 6.69. The number of aromatic amines is 1. The molecule has 0 bridgehead atoms. The minimum absolute atomic E-state index is 0.0873. The number of nitrogens with one attached hydrogen (secondary N) is 3. The number of aryl methyl sites for hydroxylation is 1. The van der Waals surface area contributed by atoms with Crippen LogP contribution in [-0.2, 0) is 16.6 Å². The van der Waals surface area contributed by atoms with E-state index in [0.717, 1.165) is 19.4 Å². The smallest absolute Gasteiger partial charge is 0.244 e. The molecule has 19 heavy (non-hydrogen) atoms. The number of sulfonamides is 1. The summed E-state index contributed by atoms with van der Waals surface area (Å²) < 4.78 is 27.3. The average Bonchev–Trinajstić information content (AvgIpc) is 2.71. The lowest BCUT2D eigenvalue weighted by Crippen LogP contribution is -2.33. The Morgan fingerprint density at radius 3 is 2.63 bits per heavy atom. The topological polar surface area (TPSA) is 86.9 Å². The van der Waals surface area contributed by atoms with Crippen molar-refractivity contribution in [2.45, 2.75) is 58.0 Å². The predicted molar refractivity (Wildman–Crippen MR) is 75.4 cm³/mol. The predicted octanol–water partition coefficient (Wildman–Crippen LogP) is 1.29. The molecule has 7 heteroatoms. The molecule has 0 radical (unpaired) electrons. The van der Waals surface area contributed by atoms with Crippen molar-refractivity contribution in [2.24, 2.45) is 0 Å². The lowest BCUT2D eigenvalue weighted by Gasteiger charge is -2.13. The van der Waals surface area contributed by atoms with Crippen molar-refractivity contribution >= 4 is 10.0 Å². The third kappa shape index (κ3) is 4.29. The Bertz CT molecular complexity index is 496. The summed E-state index contributed by atoms with van der Waals surface area (Å²) in [5.74, 6) is 0. The molecule has 0 aromatic carbocycles. The minimum Gasteiger partial charge on any atom is -0.311 e. The quantitative estimate of drug-likeness (QED) is 0.629. The molecule has 0 amide bonds. The van der Waals surface area contributed by atoms with Gasteiger partial charge in [-0.1, -0.05) is 13.8 Å². The van der Waals surface area contributed by atoms with Crippen LogP contribution in [0.15, 0.2) is 4.90 Å². The maximum atomic E-state index is 12.3. The van der Waals surface area contributed by atoms with Crippen molar-refractivity contribution in [3.63, 3.8) is 0 Å². The monoisotopic (exact) mass is 288 g/mol. The lowest BCUT2D eigenvalue weighted by atomic mass is 10.3. The number of aromatic nitrogens is 2. The maximum absolute atomic E-state index is 12.3. The molecular weight excluding hydrogens is 264 g/mol. The van der Waals surface area contributed by atoms with Crippen molar-refractivity contribution < 1.29 is 8.42 Å². The van der Waals surface area contributed by atoms with Gasteiger partial charge in [0, 0.05) is 12.6 Å². The first kappa shape index (κ1) is 16.1. The van der Waals surface area contributed by atoms with Gasteiger partial charge in [0.2, 0.25) is 10.0 Å². The highest BCUT2D eigenvalue weighted by Crippen LogP contribution is 2.18. The highest BCUT2D eigenvalue weighted by molar-refractivity contribution is 7.89. The van der Waals surface area contributed by atoms with Crippen LogP contribution >= 0.6 is 0 Å². The summed E-state index contributed by atoms with van der Waals surface area (Å²) >= 11 is 0. The van der Waals surface area contributed by atoms with Crippen molar-refractivity contribution in [2.75, 3.05) is 6.54 Å². The second-order valence-corrected chi connectivity index (χ2v) is 6.38. The number of hydrogen-bond donors (Lipinski definition) is 3. The van der Waals surface area contributed by atoms with Crippen molar-refractivity contribution in [1.82, 2.24) is 20.2 Å². The van der Waals surface area contributed by atoms with Crippen LogP contribution in [0.25, 0.3) is 0 Å². The van der Waals surface area contributed by atoms with Gasteiger partial charge in [0.05, 0.1) is 11.4 Å². The van der Waals surface area contributed by atoms with E-state index in [1.54, 1.807) is 6.92 Å². The van der Waals surface area contributed by atoms with Gasteiger partial charge in [-0.3, -0.25) is 5.10 Å². The molecule has 1 unspecified atom stereocenters. The molecule has 1 heterocycles. The average molecular weight is 288 g/mol. The Kier molecular flexibility index (Phi) is 5.96. The summed E-state index contributed by atoms with van der Waals surface area (Å²) in [5, 5.41) is 10.0. The van der Waals surface area contributed by atoms with E-state index in [2.05, 4.69) is 27.2 Å². The summed E-state index contributed by atoms with van der Waals surface area (Å²) in [7, 11) is -3.51. The highest BCUT2D eigenvalue weighted by Gasteiger charge is 2.25. The van der Waals surface area contributed by atoms with E-state index >= 15 is 0 Å². The molecule has 1 aromatic heterocycles. The molecule has 0 aliphatic rings. The molecule has 6 nitrogen and oxygen atoms in total. The molecule has 0 fully saturated rings. The number of hydrogen-bond acceptors (Lipinski definition) is 4. The Morgan fingerprint density at radius 1 is 1.37 bits per heavy atom. The molecule has 1 rings (SSSR count). The van der Waals surface area contributed by atoms with Gasteiger partial charge in [0.1, 0.15) is 4.90 Å². The zero-order valence-electron chi connectivity index (χ0n) is 12.1. The summed E-state index contributed by atoms with van der Waals surface area (Å²) in [6.45, 7) is 8.87. The lowest BCUT2D eigenvalue weighted by molar-refractivity contribution is 0.553. The molecule has 0 spiro atoms. The van der Waals surface area contributed by atoms with Gasteiger partial charge in [-0.2, -0.15) is 5.10 Å². The van der Waals surface area contributed by atoms with E-state index < -0.39 is 10.0 Å². The highest BCUT2D eigenvalue weighted by atomic mass is 32.2. The van der Waals surface area contributed by atoms with E-state index in [1.807, 2.05) is 13.8 Å². The van der Waals surface area contributed by atoms with E-state index in [9.17, 15) is 8.42 Å². The van der Waals surface area contributed by atoms with Crippen LogP contribution in [0.2, 0.25) is 0 Å². The van der Waals surface area contributed by atoms with Crippen LogP contribution in [0.1, 0.15) is 45.0 Å². The van der Waals surface area contributed by atoms with Gasteiger partial charge in [-0.25, -0.2) is 13.1 Å². The SMILES string of the molecule is CCCNCc1n[nH]c(C)c1S(=O)(=O)NC(C)CC. The largest absolute Gasteiger partial charge is 0.311 e. The van der Waals surface area contributed by atoms with Crippen LogP contribution in [-0.4, -0.2) is 31.2 Å². The second kappa shape index (κ2) is 7.02. The third-order valence-corrected chi connectivity index (χ3v) is 4.71. The molecule has 0 saturated carbocycles. The van der Waals surface area contributed by atoms with Crippen molar-refractivity contribution in [3.05, 3.63) is 11.4 Å². The second-order valence-electron chi connectivity index (χ2n) is 4.73. The minimum atomic E-state index is -3.51. The molecule has 1 aromatic rings. The molecule has 110 valence electrons. The Morgan fingerprint density at radius 2 is 2.05 bits per heavy atom. The van der Waals surface area contributed by atoms with Crippen LogP contribution in [0, 0.1) is 6.92 Å². The Hall–Kier alpha value is -0.920.